The number of nitrogens with one attached hydrogen (secondary N) is 1. The van der Waals surface area contributed by atoms with E-state index in [0.717, 1.165) is 21.8 Å². The van der Waals surface area contributed by atoms with Gasteiger partial charge in [0.1, 0.15) is 5.25 Å². The Hall–Kier alpha value is -1.67. The van der Waals surface area contributed by atoms with Gasteiger partial charge in [0.2, 0.25) is 5.91 Å². The summed E-state index contributed by atoms with van der Waals surface area (Å²) in [6, 6.07) is 7.60. The number of nitrogens with zero attached hydrogens (tertiary/aromatic N) is 2. The van der Waals surface area contributed by atoms with E-state index in [1.54, 1.807) is 0 Å². The van der Waals surface area contributed by atoms with E-state index in [0.29, 0.717) is 10.9 Å². The van der Waals surface area contributed by atoms with Crippen LogP contribution in [0, 0.1) is 0 Å². The van der Waals surface area contributed by atoms with Crippen LogP contribution in [0.4, 0.5) is 0 Å². The first-order chi connectivity index (χ1) is 9.95. The number of thioether (sulfide) groups is 1. The van der Waals surface area contributed by atoms with Crippen LogP contribution in [0.1, 0.15) is 18.9 Å². The van der Waals surface area contributed by atoms with Gasteiger partial charge < -0.3 is 10.4 Å². The number of carboxylic acid groups (broad SMARTS) is 1. The number of amides is 1. The number of aliphatic carboxylic acids is 1. The van der Waals surface area contributed by atoms with Crippen LogP contribution in [0.5, 0.6) is 0 Å². The molecule has 1 aromatic carbocycles. The molecule has 1 aliphatic heterocycles. The van der Waals surface area contributed by atoms with Crippen molar-refractivity contribution in [2.75, 3.05) is 0 Å². The van der Waals surface area contributed by atoms with Crippen molar-refractivity contribution in [2.24, 2.45) is 10.2 Å². The molecule has 2 N–H and O–H groups in total. The van der Waals surface area contributed by atoms with Gasteiger partial charge in [-0.05, 0) is 24.6 Å². The van der Waals surface area contributed by atoms with E-state index in [1.165, 1.54) is 0 Å². The predicted molar refractivity (Wildman–Crippen MR) is 85.6 cm³/mol. The minimum absolute atomic E-state index is 0.231. The lowest BCUT2D eigenvalue weighted by Crippen LogP contribution is -2.26. The fourth-order valence-electron chi connectivity index (χ4n) is 1.61. The molecule has 8 heteroatoms. The normalized spacial score (nSPS) is 20.7. The van der Waals surface area contributed by atoms with Gasteiger partial charge in [0.25, 0.3) is 0 Å². The number of carboxylic acids is 1. The van der Waals surface area contributed by atoms with E-state index >= 15 is 0 Å². The average molecular weight is 370 g/mol. The molecule has 1 unspecified atom stereocenters. The Balaban J connectivity index is 2.07. The van der Waals surface area contributed by atoms with Gasteiger partial charge in [-0.2, -0.15) is 5.10 Å². The molecule has 6 nitrogen and oxygen atoms in total. The molecule has 1 amide bonds. The lowest BCUT2D eigenvalue weighted by atomic mass is 10.1. The van der Waals surface area contributed by atoms with E-state index in [2.05, 4.69) is 31.4 Å². The van der Waals surface area contributed by atoms with E-state index in [-0.39, 0.29) is 12.3 Å². The zero-order valence-corrected chi connectivity index (χ0v) is 13.4. The largest absolute Gasteiger partial charge is 0.481 e. The molecular weight excluding hydrogens is 358 g/mol. The van der Waals surface area contributed by atoms with Gasteiger partial charge in [0.05, 0.1) is 12.1 Å². The maximum absolute atomic E-state index is 11.5. The van der Waals surface area contributed by atoms with Crippen LogP contribution in [0.3, 0.4) is 0 Å². The van der Waals surface area contributed by atoms with Crippen LogP contribution in [-0.4, -0.2) is 33.1 Å². The molecule has 0 spiro atoms. The zero-order chi connectivity index (χ0) is 15.4. The van der Waals surface area contributed by atoms with Crippen LogP contribution in [0.15, 0.2) is 38.9 Å². The number of benzene rings is 1. The third-order valence-corrected chi connectivity index (χ3v) is 4.29. The Bertz CT molecular complexity index is 628. The van der Waals surface area contributed by atoms with E-state index in [9.17, 15) is 9.59 Å². The summed E-state index contributed by atoms with van der Waals surface area (Å²) in [5.41, 5.74) is 1.62. The number of hydrogen-bond acceptors (Lipinski definition) is 5. The van der Waals surface area contributed by atoms with Gasteiger partial charge in [0, 0.05) is 4.47 Å². The molecule has 1 saturated heterocycles. The van der Waals surface area contributed by atoms with Gasteiger partial charge in [-0.3, -0.25) is 9.59 Å². The minimum Gasteiger partial charge on any atom is -0.481 e. The SMILES string of the molecule is CC(=NN=C1NC(=O)C(CC(=O)O)S1)c1ccc(Br)cc1. The second kappa shape index (κ2) is 6.86. The molecular formula is C13H12BrN3O3S. The number of rotatable bonds is 4. The van der Waals surface area contributed by atoms with Gasteiger partial charge >= 0.3 is 5.97 Å². The molecule has 21 heavy (non-hydrogen) atoms. The summed E-state index contributed by atoms with van der Waals surface area (Å²) in [5.74, 6) is -1.36. The van der Waals surface area contributed by atoms with E-state index in [1.807, 2.05) is 31.2 Å². The molecule has 0 bridgehead atoms. The fraction of sp³-hybridized carbons (Fsp3) is 0.231. The maximum Gasteiger partial charge on any atom is 0.305 e. The summed E-state index contributed by atoms with van der Waals surface area (Å²) in [5, 5.41) is 18.9. The van der Waals surface area contributed by atoms with Crippen molar-refractivity contribution in [3.8, 4) is 0 Å². The summed E-state index contributed by atoms with van der Waals surface area (Å²) < 4.78 is 0.973. The molecule has 1 heterocycles. The van der Waals surface area contributed by atoms with E-state index < -0.39 is 11.2 Å². The topological polar surface area (TPSA) is 91.1 Å². The second-order valence-electron chi connectivity index (χ2n) is 4.29. The summed E-state index contributed by atoms with van der Waals surface area (Å²) in [6.45, 7) is 1.81. The Kier molecular flexibility index (Phi) is 5.13. The minimum atomic E-state index is -1.02. The molecule has 1 atom stereocenters. The fourth-order valence-corrected chi connectivity index (χ4v) is 2.79. The van der Waals surface area contributed by atoms with Crippen molar-refractivity contribution in [2.45, 2.75) is 18.6 Å². The number of carbonyl (C=O) groups is 2. The summed E-state index contributed by atoms with van der Waals surface area (Å²) in [6.07, 6.45) is -0.231. The second-order valence-corrected chi connectivity index (χ2v) is 6.40. The molecule has 0 saturated carbocycles. The third kappa shape index (κ3) is 4.40. The molecule has 0 aliphatic carbocycles. The van der Waals surface area contributed by atoms with Crippen molar-refractivity contribution < 1.29 is 14.7 Å². The quantitative estimate of drug-likeness (QED) is 0.628. The van der Waals surface area contributed by atoms with Crippen molar-refractivity contribution in [3.63, 3.8) is 0 Å². The maximum atomic E-state index is 11.5. The lowest BCUT2D eigenvalue weighted by molar-refractivity contribution is -0.138. The smallest absolute Gasteiger partial charge is 0.305 e. The number of amidine groups is 1. The highest BCUT2D eigenvalue weighted by Gasteiger charge is 2.32. The van der Waals surface area contributed by atoms with Gasteiger partial charge in [0.15, 0.2) is 5.17 Å². The Labute approximate surface area is 133 Å². The van der Waals surface area contributed by atoms with Crippen LogP contribution < -0.4 is 5.32 Å². The van der Waals surface area contributed by atoms with Crippen LogP contribution in [0.25, 0.3) is 0 Å². The zero-order valence-electron chi connectivity index (χ0n) is 11.0. The number of hydrogen-bond donors (Lipinski definition) is 2. The Morgan fingerprint density at radius 2 is 2.10 bits per heavy atom. The first kappa shape index (κ1) is 15.7. The Morgan fingerprint density at radius 3 is 2.71 bits per heavy atom. The molecule has 0 aromatic heterocycles. The van der Waals surface area contributed by atoms with Gasteiger partial charge in [-0.25, -0.2) is 0 Å². The van der Waals surface area contributed by atoms with Crippen LogP contribution in [-0.2, 0) is 9.59 Å². The van der Waals surface area contributed by atoms with Crippen LogP contribution in [0.2, 0.25) is 0 Å². The highest BCUT2D eigenvalue weighted by molar-refractivity contribution is 9.10. The van der Waals surface area contributed by atoms with Crippen molar-refractivity contribution in [1.29, 1.82) is 0 Å². The predicted octanol–water partition coefficient (Wildman–Crippen LogP) is 2.24. The first-order valence-corrected chi connectivity index (χ1v) is 7.70. The summed E-state index contributed by atoms with van der Waals surface area (Å²) in [4.78, 5) is 22.2. The molecule has 0 radical (unpaired) electrons. The first-order valence-electron chi connectivity index (χ1n) is 6.03. The summed E-state index contributed by atoms with van der Waals surface area (Å²) in [7, 11) is 0. The van der Waals surface area contributed by atoms with Gasteiger partial charge in [-0.15, -0.1) is 5.10 Å². The average Bonchev–Trinajstić information content (AvgIpc) is 2.77. The van der Waals surface area contributed by atoms with Crippen molar-refractivity contribution in [3.05, 3.63) is 34.3 Å². The molecule has 1 fully saturated rings. The van der Waals surface area contributed by atoms with Crippen LogP contribution >= 0.6 is 27.7 Å². The Morgan fingerprint density at radius 1 is 1.43 bits per heavy atom. The van der Waals surface area contributed by atoms with Crippen molar-refractivity contribution >= 4 is 50.4 Å². The monoisotopic (exact) mass is 369 g/mol. The third-order valence-electron chi connectivity index (χ3n) is 2.69. The lowest BCUT2D eigenvalue weighted by Gasteiger charge is -1.99. The van der Waals surface area contributed by atoms with E-state index in [4.69, 9.17) is 5.11 Å². The highest BCUT2D eigenvalue weighted by Crippen LogP contribution is 2.22. The highest BCUT2D eigenvalue weighted by atomic mass is 79.9. The molecule has 110 valence electrons. The van der Waals surface area contributed by atoms with Crippen molar-refractivity contribution in [1.82, 2.24) is 5.32 Å². The molecule has 1 aliphatic rings. The molecule has 1 aromatic rings. The van der Waals surface area contributed by atoms with Gasteiger partial charge in [-0.1, -0.05) is 39.8 Å². The number of halogens is 1. The number of carbonyl (C=O) groups excluding carboxylic acids is 1. The summed E-state index contributed by atoms with van der Waals surface area (Å²) >= 11 is 4.43. The molecule has 2 rings (SSSR count). The standard InChI is InChI=1S/C13H12BrN3O3S/c1-7(8-2-4-9(14)5-3-8)16-17-13-15-12(20)10(21-13)6-11(18)19/h2-5,10H,6H2,1H3,(H,18,19)(H,15,17,20).